The predicted molar refractivity (Wildman–Crippen MR) is 72.6 cm³/mol. The van der Waals surface area contributed by atoms with E-state index in [9.17, 15) is 9.59 Å². The van der Waals surface area contributed by atoms with Crippen LogP contribution in [0.25, 0.3) is 0 Å². The Bertz CT molecular complexity index is 478. The topological polar surface area (TPSA) is 69.4 Å². The van der Waals surface area contributed by atoms with Crippen molar-refractivity contribution in [2.45, 2.75) is 20.8 Å². The summed E-state index contributed by atoms with van der Waals surface area (Å²) in [5.41, 5.74) is 4.94. The van der Waals surface area contributed by atoms with Crippen molar-refractivity contribution in [3.63, 3.8) is 0 Å². The summed E-state index contributed by atoms with van der Waals surface area (Å²) in [6.45, 7) is 5.24. The zero-order valence-electron chi connectivity index (χ0n) is 10.6. The fourth-order valence-corrected chi connectivity index (χ4v) is 1.72. The minimum Gasteiger partial charge on any atom is -0.483 e. The molecule has 0 aliphatic rings. The Morgan fingerprint density at radius 3 is 2.44 bits per heavy atom. The molecule has 0 radical (unpaired) electrons. The van der Waals surface area contributed by atoms with E-state index in [1.807, 2.05) is 20.8 Å². The number of halogens is 1. The van der Waals surface area contributed by atoms with Gasteiger partial charge in [-0.05, 0) is 18.2 Å². The monoisotopic (exact) mass is 313 g/mol. The van der Waals surface area contributed by atoms with Gasteiger partial charge in [0.2, 0.25) is 0 Å². The summed E-state index contributed by atoms with van der Waals surface area (Å²) < 4.78 is 6.03. The first-order valence-corrected chi connectivity index (χ1v) is 6.26. The first-order valence-electron chi connectivity index (χ1n) is 5.47. The molecule has 1 aromatic rings. The molecular weight excluding hydrogens is 298 g/mol. The lowest BCUT2D eigenvalue weighted by Gasteiger charge is -2.19. The highest BCUT2D eigenvalue weighted by atomic mass is 79.9. The molecule has 0 saturated heterocycles. The fourth-order valence-electron chi connectivity index (χ4n) is 1.36. The van der Waals surface area contributed by atoms with Crippen LogP contribution in [-0.4, -0.2) is 18.3 Å². The van der Waals surface area contributed by atoms with Gasteiger partial charge in [0.05, 0.1) is 5.56 Å². The maximum absolute atomic E-state index is 12.3. The molecule has 0 aromatic heterocycles. The predicted octanol–water partition coefficient (Wildman–Crippen LogP) is 2.54. The molecule has 0 bridgehead atoms. The molecule has 98 valence electrons. The highest BCUT2D eigenvalue weighted by molar-refractivity contribution is 9.10. The number of nitrogens with two attached hydrogens (primary N) is 1. The molecule has 1 amide bonds. The van der Waals surface area contributed by atoms with E-state index < -0.39 is 11.3 Å². The number of ketones is 1. The van der Waals surface area contributed by atoms with Gasteiger partial charge in [-0.25, -0.2) is 0 Å². The number of primary amides is 1. The molecule has 0 saturated carbocycles. The normalized spacial score (nSPS) is 11.1. The minimum atomic E-state index is -0.577. The van der Waals surface area contributed by atoms with Crippen molar-refractivity contribution in [3.05, 3.63) is 28.2 Å². The number of ether oxygens (including phenoxy) is 1. The lowest BCUT2D eigenvalue weighted by atomic mass is 9.86. The van der Waals surface area contributed by atoms with Crippen molar-refractivity contribution in [3.8, 4) is 5.75 Å². The van der Waals surface area contributed by atoms with Gasteiger partial charge >= 0.3 is 0 Å². The van der Waals surface area contributed by atoms with E-state index in [0.717, 1.165) is 4.47 Å². The van der Waals surface area contributed by atoms with E-state index in [4.69, 9.17) is 10.5 Å². The standard InChI is InChI=1S/C13H16BrNO3/c1-13(2,3)12(17)9-6-8(14)4-5-10(9)18-7-11(15)16/h4-6H,7H2,1-3H3,(H2,15,16). The number of rotatable bonds is 4. The Morgan fingerprint density at radius 1 is 1.33 bits per heavy atom. The average Bonchev–Trinajstić information content (AvgIpc) is 2.24. The van der Waals surface area contributed by atoms with E-state index in [0.29, 0.717) is 11.3 Å². The van der Waals surface area contributed by atoms with Crippen LogP contribution < -0.4 is 10.5 Å². The Balaban J connectivity index is 3.11. The van der Waals surface area contributed by atoms with Crippen LogP contribution in [0.15, 0.2) is 22.7 Å². The van der Waals surface area contributed by atoms with Crippen LogP contribution in [0, 0.1) is 5.41 Å². The smallest absolute Gasteiger partial charge is 0.255 e. The van der Waals surface area contributed by atoms with Gasteiger partial charge in [0.25, 0.3) is 5.91 Å². The van der Waals surface area contributed by atoms with Crippen LogP contribution in [0.4, 0.5) is 0 Å². The summed E-state index contributed by atoms with van der Waals surface area (Å²) >= 11 is 3.31. The molecule has 0 spiro atoms. The number of carbonyl (C=O) groups excluding carboxylic acids is 2. The van der Waals surface area contributed by atoms with Gasteiger partial charge in [-0.15, -0.1) is 0 Å². The molecule has 0 fully saturated rings. The molecule has 2 N–H and O–H groups in total. The van der Waals surface area contributed by atoms with Crippen LogP contribution in [0.5, 0.6) is 5.75 Å². The number of Topliss-reactive ketones (excluding diaryl/α,β-unsaturated/α-hetero) is 1. The SMILES string of the molecule is CC(C)(C)C(=O)c1cc(Br)ccc1OCC(N)=O. The van der Waals surface area contributed by atoms with Crippen LogP contribution in [-0.2, 0) is 4.79 Å². The lowest BCUT2D eigenvalue weighted by Crippen LogP contribution is -2.23. The summed E-state index contributed by atoms with van der Waals surface area (Å²) in [6.07, 6.45) is 0. The van der Waals surface area contributed by atoms with Crippen LogP contribution >= 0.6 is 15.9 Å². The molecule has 0 unspecified atom stereocenters. The van der Waals surface area contributed by atoms with Gasteiger partial charge in [0, 0.05) is 9.89 Å². The first kappa shape index (κ1) is 14.7. The van der Waals surface area contributed by atoms with Gasteiger partial charge < -0.3 is 10.5 Å². The van der Waals surface area contributed by atoms with Gasteiger partial charge in [-0.2, -0.15) is 0 Å². The van der Waals surface area contributed by atoms with Gasteiger partial charge in [0.15, 0.2) is 12.4 Å². The van der Waals surface area contributed by atoms with E-state index in [1.165, 1.54) is 0 Å². The van der Waals surface area contributed by atoms with Crippen molar-refractivity contribution < 1.29 is 14.3 Å². The number of amides is 1. The van der Waals surface area contributed by atoms with E-state index in [2.05, 4.69) is 15.9 Å². The molecule has 18 heavy (non-hydrogen) atoms. The zero-order valence-corrected chi connectivity index (χ0v) is 12.2. The first-order chi connectivity index (χ1) is 8.21. The number of hydrogen-bond acceptors (Lipinski definition) is 3. The molecule has 0 atom stereocenters. The molecule has 5 heteroatoms. The zero-order chi connectivity index (χ0) is 13.9. The summed E-state index contributed by atoms with van der Waals surface area (Å²) in [5, 5.41) is 0. The van der Waals surface area contributed by atoms with Crippen molar-refractivity contribution >= 4 is 27.6 Å². The van der Waals surface area contributed by atoms with Crippen molar-refractivity contribution in [2.24, 2.45) is 11.1 Å². The second-order valence-corrected chi connectivity index (χ2v) is 5.89. The third kappa shape index (κ3) is 3.84. The van der Waals surface area contributed by atoms with Gasteiger partial charge in [0.1, 0.15) is 5.75 Å². The molecule has 1 rings (SSSR count). The average molecular weight is 314 g/mol. The number of hydrogen-bond donors (Lipinski definition) is 1. The fraction of sp³-hybridized carbons (Fsp3) is 0.385. The highest BCUT2D eigenvalue weighted by Crippen LogP contribution is 2.30. The molecule has 1 aromatic carbocycles. The number of benzene rings is 1. The van der Waals surface area contributed by atoms with Crippen molar-refractivity contribution in [1.82, 2.24) is 0 Å². The van der Waals surface area contributed by atoms with Gasteiger partial charge in [-0.1, -0.05) is 36.7 Å². The minimum absolute atomic E-state index is 0.0525. The lowest BCUT2D eigenvalue weighted by molar-refractivity contribution is -0.119. The largest absolute Gasteiger partial charge is 0.483 e. The van der Waals surface area contributed by atoms with Crippen LogP contribution in [0.3, 0.4) is 0 Å². The van der Waals surface area contributed by atoms with E-state index in [-0.39, 0.29) is 12.4 Å². The Labute approximate surface area is 115 Å². The molecule has 0 aliphatic carbocycles. The molecule has 4 nitrogen and oxygen atoms in total. The Kier molecular flexibility index (Phi) is 4.51. The molecule has 0 heterocycles. The second kappa shape index (κ2) is 5.52. The van der Waals surface area contributed by atoms with Crippen LogP contribution in [0.1, 0.15) is 31.1 Å². The Hall–Kier alpha value is -1.36. The van der Waals surface area contributed by atoms with E-state index >= 15 is 0 Å². The Morgan fingerprint density at radius 2 is 1.94 bits per heavy atom. The summed E-state index contributed by atoms with van der Waals surface area (Å²) in [7, 11) is 0. The van der Waals surface area contributed by atoms with E-state index in [1.54, 1.807) is 18.2 Å². The third-order valence-electron chi connectivity index (χ3n) is 2.24. The highest BCUT2D eigenvalue weighted by Gasteiger charge is 2.26. The third-order valence-corrected chi connectivity index (χ3v) is 2.73. The van der Waals surface area contributed by atoms with Crippen molar-refractivity contribution in [2.75, 3.05) is 6.61 Å². The quantitative estimate of drug-likeness (QED) is 0.868. The van der Waals surface area contributed by atoms with Crippen LogP contribution in [0.2, 0.25) is 0 Å². The maximum atomic E-state index is 12.3. The second-order valence-electron chi connectivity index (χ2n) is 4.97. The summed E-state index contributed by atoms with van der Waals surface area (Å²) in [6, 6.07) is 5.08. The maximum Gasteiger partial charge on any atom is 0.255 e. The van der Waals surface area contributed by atoms with Crippen molar-refractivity contribution in [1.29, 1.82) is 0 Å². The summed E-state index contributed by atoms with van der Waals surface area (Å²) in [5.74, 6) is -0.257. The molecule has 0 aliphatic heterocycles. The molecular formula is C13H16BrNO3. The van der Waals surface area contributed by atoms with Gasteiger partial charge in [-0.3, -0.25) is 9.59 Å². The summed E-state index contributed by atoms with van der Waals surface area (Å²) in [4.78, 5) is 23.0. The number of carbonyl (C=O) groups is 2.